The van der Waals surface area contributed by atoms with Gasteiger partial charge in [-0.05, 0) is 34.6 Å². The normalized spacial score (nSPS) is 11.7. The number of nitrogens with two attached hydrogens (primary N) is 1. The van der Waals surface area contributed by atoms with Crippen LogP contribution in [-0.2, 0) is 7.05 Å². The number of aromatic nitrogens is 2. The van der Waals surface area contributed by atoms with Gasteiger partial charge in [0.15, 0.2) is 0 Å². The molecule has 0 atom stereocenters. The summed E-state index contributed by atoms with van der Waals surface area (Å²) in [5.41, 5.74) is 7.29. The van der Waals surface area contributed by atoms with Crippen molar-refractivity contribution in [2.24, 2.45) is 12.8 Å². The molecule has 0 saturated heterocycles. The van der Waals surface area contributed by atoms with Gasteiger partial charge in [-0.15, -0.1) is 0 Å². The molecule has 1 aromatic rings. The van der Waals surface area contributed by atoms with Crippen LogP contribution in [0, 0.1) is 6.92 Å². The average molecular weight is 298 g/mol. The molecule has 0 bridgehead atoms. The Balaban J connectivity index is 2.73. The van der Waals surface area contributed by atoms with E-state index in [0.29, 0.717) is 29.6 Å². The summed E-state index contributed by atoms with van der Waals surface area (Å²) in [7, 11) is 1.84. The maximum Gasteiger partial charge on any atom is 0.222 e. The molecule has 6 heteroatoms. The van der Waals surface area contributed by atoms with Gasteiger partial charge in [-0.25, -0.2) is 4.68 Å². The molecule has 1 rings (SSSR count). The van der Waals surface area contributed by atoms with Crippen molar-refractivity contribution in [1.82, 2.24) is 14.7 Å². The van der Waals surface area contributed by atoms with Crippen LogP contribution >= 0.6 is 12.2 Å². The number of thiocarbonyl (C=S) groups is 1. The van der Waals surface area contributed by atoms with Gasteiger partial charge in [0.2, 0.25) is 5.88 Å². The maximum atomic E-state index is 5.87. The summed E-state index contributed by atoms with van der Waals surface area (Å²) in [5.74, 6) is 0.655. The van der Waals surface area contributed by atoms with E-state index in [1.807, 2.05) is 14.0 Å². The predicted octanol–water partition coefficient (Wildman–Crippen LogP) is 1.86. The number of hydrogen-bond donors (Lipinski definition) is 1. The Bertz CT molecular complexity index is 460. The van der Waals surface area contributed by atoms with Gasteiger partial charge in [-0.3, -0.25) is 4.90 Å². The highest BCUT2D eigenvalue weighted by molar-refractivity contribution is 7.80. The van der Waals surface area contributed by atoms with Gasteiger partial charge < -0.3 is 10.5 Å². The van der Waals surface area contributed by atoms with Gasteiger partial charge in [0.05, 0.1) is 11.3 Å². The molecule has 0 radical (unpaired) electrons. The zero-order valence-electron chi connectivity index (χ0n) is 13.3. The molecule has 114 valence electrons. The Morgan fingerprint density at radius 3 is 2.35 bits per heavy atom. The molecule has 0 unspecified atom stereocenters. The van der Waals surface area contributed by atoms with E-state index in [2.05, 4.69) is 37.7 Å². The fourth-order valence-corrected chi connectivity index (χ4v) is 2.68. The summed E-state index contributed by atoms with van der Waals surface area (Å²) in [6, 6.07) is 0.976. The molecule has 0 fully saturated rings. The van der Waals surface area contributed by atoms with Crippen molar-refractivity contribution in [3.63, 3.8) is 0 Å². The van der Waals surface area contributed by atoms with Gasteiger partial charge in [0.1, 0.15) is 11.6 Å². The van der Waals surface area contributed by atoms with E-state index in [0.717, 1.165) is 17.8 Å². The van der Waals surface area contributed by atoms with E-state index in [1.165, 1.54) is 0 Å². The summed E-state index contributed by atoms with van der Waals surface area (Å²) < 4.78 is 7.57. The lowest BCUT2D eigenvalue weighted by Crippen LogP contribution is -2.39. The van der Waals surface area contributed by atoms with E-state index in [-0.39, 0.29) is 0 Å². The molecule has 0 amide bonds. The van der Waals surface area contributed by atoms with Crippen molar-refractivity contribution in [2.75, 3.05) is 13.2 Å². The van der Waals surface area contributed by atoms with Crippen LogP contribution in [0.25, 0.3) is 0 Å². The lowest BCUT2D eigenvalue weighted by molar-refractivity contribution is 0.138. The smallest absolute Gasteiger partial charge is 0.222 e. The zero-order valence-corrected chi connectivity index (χ0v) is 14.1. The van der Waals surface area contributed by atoms with Crippen LogP contribution in [0.1, 0.15) is 39.0 Å². The van der Waals surface area contributed by atoms with Crippen LogP contribution in [0.5, 0.6) is 5.88 Å². The summed E-state index contributed by atoms with van der Waals surface area (Å²) in [4.78, 5) is 2.71. The largest absolute Gasteiger partial charge is 0.476 e. The third-order valence-electron chi connectivity index (χ3n) is 3.33. The first kappa shape index (κ1) is 16.9. The van der Waals surface area contributed by atoms with Crippen molar-refractivity contribution < 1.29 is 4.74 Å². The number of hydrogen-bond acceptors (Lipinski definition) is 4. The van der Waals surface area contributed by atoms with Crippen molar-refractivity contribution in [2.45, 2.75) is 46.7 Å². The monoisotopic (exact) mass is 298 g/mol. The van der Waals surface area contributed by atoms with Crippen molar-refractivity contribution in [3.05, 3.63) is 11.3 Å². The van der Waals surface area contributed by atoms with Crippen LogP contribution in [0.3, 0.4) is 0 Å². The van der Waals surface area contributed by atoms with Gasteiger partial charge in [-0.1, -0.05) is 12.2 Å². The van der Waals surface area contributed by atoms with E-state index >= 15 is 0 Å². The molecule has 20 heavy (non-hydrogen) atoms. The van der Waals surface area contributed by atoms with Gasteiger partial charge in [0.25, 0.3) is 0 Å². The third-order valence-corrected chi connectivity index (χ3v) is 3.53. The lowest BCUT2D eigenvalue weighted by atomic mass is 10.2. The van der Waals surface area contributed by atoms with Crippen LogP contribution in [0.2, 0.25) is 0 Å². The lowest BCUT2D eigenvalue weighted by Gasteiger charge is -2.30. The SMILES string of the molecule is Cc1nn(C)c(OCCN(C(C)C)C(C)C)c1C(N)=S. The molecule has 1 heterocycles. The van der Waals surface area contributed by atoms with Crippen molar-refractivity contribution in [3.8, 4) is 5.88 Å². The Kier molecular flexibility index (Phi) is 5.95. The second-order valence-electron chi connectivity index (χ2n) is 5.53. The van der Waals surface area contributed by atoms with E-state index in [4.69, 9.17) is 22.7 Å². The minimum Gasteiger partial charge on any atom is -0.476 e. The number of rotatable bonds is 7. The molecule has 2 N–H and O–H groups in total. The molecular weight excluding hydrogens is 272 g/mol. The van der Waals surface area contributed by atoms with E-state index in [9.17, 15) is 0 Å². The predicted molar refractivity (Wildman–Crippen MR) is 86.3 cm³/mol. The second kappa shape index (κ2) is 7.04. The molecular formula is C14H26N4OS. The molecule has 0 spiro atoms. The Morgan fingerprint density at radius 1 is 1.35 bits per heavy atom. The van der Waals surface area contributed by atoms with Gasteiger partial charge in [-0.2, -0.15) is 5.10 Å². The Hall–Kier alpha value is -1.14. The highest BCUT2D eigenvalue weighted by atomic mass is 32.1. The molecule has 0 aromatic carbocycles. The minimum atomic E-state index is 0.329. The first-order valence-corrected chi connectivity index (χ1v) is 7.38. The number of ether oxygens (including phenoxy) is 1. The van der Waals surface area contributed by atoms with Crippen molar-refractivity contribution in [1.29, 1.82) is 0 Å². The third kappa shape index (κ3) is 3.93. The summed E-state index contributed by atoms with van der Waals surface area (Å²) in [5, 5.41) is 4.31. The Labute approximate surface area is 127 Å². The van der Waals surface area contributed by atoms with Crippen molar-refractivity contribution >= 4 is 17.2 Å². The first-order valence-electron chi connectivity index (χ1n) is 6.97. The number of nitrogens with zero attached hydrogens (tertiary/aromatic N) is 3. The quantitative estimate of drug-likeness (QED) is 0.779. The summed E-state index contributed by atoms with van der Waals surface area (Å²) in [6.45, 7) is 12.1. The standard InChI is InChI=1S/C14H26N4OS/c1-9(2)18(10(3)4)7-8-19-14-12(13(15)20)11(5)16-17(14)6/h9-10H,7-8H2,1-6H3,(H2,15,20). The highest BCUT2D eigenvalue weighted by Gasteiger charge is 2.18. The fourth-order valence-electron chi connectivity index (χ4n) is 2.45. The van der Waals surface area contributed by atoms with Crippen LogP contribution in [-0.4, -0.2) is 44.9 Å². The Morgan fingerprint density at radius 2 is 1.90 bits per heavy atom. The van der Waals surface area contributed by atoms with Crippen LogP contribution < -0.4 is 10.5 Å². The molecule has 0 aliphatic carbocycles. The molecule has 0 saturated carbocycles. The molecule has 1 aromatic heterocycles. The van der Waals surface area contributed by atoms with Crippen LogP contribution in [0.15, 0.2) is 0 Å². The second-order valence-corrected chi connectivity index (χ2v) is 5.97. The zero-order chi connectivity index (χ0) is 15.4. The highest BCUT2D eigenvalue weighted by Crippen LogP contribution is 2.21. The van der Waals surface area contributed by atoms with E-state index < -0.39 is 0 Å². The van der Waals surface area contributed by atoms with Crippen LogP contribution in [0.4, 0.5) is 0 Å². The molecule has 0 aliphatic rings. The molecule has 5 nitrogen and oxygen atoms in total. The fraction of sp³-hybridized carbons (Fsp3) is 0.714. The maximum absolute atomic E-state index is 5.87. The minimum absolute atomic E-state index is 0.329. The summed E-state index contributed by atoms with van der Waals surface area (Å²) >= 11 is 5.07. The van der Waals surface area contributed by atoms with Gasteiger partial charge in [0, 0.05) is 25.7 Å². The molecule has 0 aliphatic heterocycles. The summed E-state index contributed by atoms with van der Waals surface area (Å²) in [6.07, 6.45) is 0. The van der Waals surface area contributed by atoms with Gasteiger partial charge >= 0.3 is 0 Å². The first-order chi connectivity index (χ1) is 9.25. The van der Waals surface area contributed by atoms with E-state index in [1.54, 1.807) is 4.68 Å². The topological polar surface area (TPSA) is 56.3 Å². The average Bonchev–Trinajstić information content (AvgIpc) is 2.58. The number of aryl methyl sites for hydroxylation is 2.